The normalized spacial score (nSPS) is 26.1. The van der Waals surface area contributed by atoms with E-state index in [2.05, 4.69) is 24.8 Å². The molecule has 0 aromatic carbocycles. The third-order valence-electron chi connectivity index (χ3n) is 5.28. The fourth-order valence-corrected chi connectivity index (χ4v) is 3.81. The first-order valence-electron chi connectivity index (χ1n) is 8.95. The Hall–Kier alpha value is -2.62. The third kappa shape index (κ3) is 3.03. The fraction of sp³-hybridized carbons (Fsp3) is 0.529. The fourth-order valence-electron chi connectivity index (χ4n) is 3.81. The van der Waals surface area contributed by atoms with Crippen molar-refractivity contribution < 1.29 is 13.5 Å². The molecule has 2 bridgehead atoms. The van der Waals surface area contributed by atoms with Crippen LogP contribution in [0.3, 0.4) is 0 Å². The SMILES string of the molecule is Nc1ncc(-c2cc(N3C[C@@H]4CC[C@H]3CO4)nc(N3CC(F)(F)C3)n2)cn1. The van der Waals surface area contributed by atoms with Gasteiger partial charge < -0.3 is 20.3 Å². The van der Waals surface area contributed by atoms with Crippen molar-refractivity contribution in [3.05, 3.63) is 18.5 Å². The highest BCUT2D eigenvalue weighted by molar-refractivity contribution is 5.65. The molecule has 0 spiro atoms. The number of nitrogens with two attached hydrogens (primary N) is 1. The molecule has 0 amide bonds. The molecule has 4 aliphatic heterocycles. The first-order valence-corrected chi connectivity index (χ1v) is 8.95. The molecule has 27 heavy (non-hydrogen) atoms. The first-order chi connectivity index (χ1) is 13.0. The summed E-state index contributed by atoms with van der Waals surface area (Å²) in [4.78, 5) is 20.8. The van der Waals surface area contributed by atoms with E-state index in [1.165, 1.54) is 4.90 Å². The second kappa shape index (κ2) is 5.95. The summed E-state index contributed by atoms with van der Waals surface area (Å²) in [6, 6.07) is 2.10. The van der Waals surface area contributed by atoms with E-state index in [-0.39, 0.29) is 31.2 Å². The minimum atomic E-state index is -2.69. The quantitative estimate of drug-likeness (QED) is 0.859. The van der Waals surface area contributed by atoms with Gasteiger partial charge in [-0.15, -0.1) is 0 Å². The van der Waals surface area contributed by atoms with E-state index in [0.29, 0.717) is 23.8 Å². The Morgan fingerprint density at radius 1 is 1.15 bits per heavy atom. The number of halogens is 2. The standard InChI is InChI=1S/C17H19F2N7O/c18-17(19)8-25(9-17)16-23-13(10-4-21-15(20)22-5-10)3-14(24-16)26-6-12-2-1-11(26)7-27-12/h3-5,11-12H,1-2,6-9H2,(H2,20,21,22)/t11-,12-/m0/s1. The predicted octanol–water partition coefficient (Wildman–Crippen LogP) is 1.34. The van der Waals surface area contributed by atoms with Gasteiger partial charge in [-0.1, -0.05) is 0 Å². The number of aromatic nitrogens is 4. The van der Waals surface area contributed by atoms with E-state index in [0.717, 1.165) is 25.2 Å². The molecule has 8 nitrogen and oxygen atoms in total. The number of nitrogen functional groups attached to an aromatic ring is 1. The molecule has 2 aromatic rings. The summed E-state index contributed by atoms with van der Waals surface area (Å²) in [6.45, 7) is 0.660. The Bertz CT molecular complexity index is 847. The average molecular weight is 375 g/mol. The lowest BCUT2D eigenvalue weighted by Gasteiger charge is -2.46. The number of alkyl halides is 2. The maximum absolute atomic E-state index is 13.4. The van der Waals surface area contributed by atoms with E-state index < -0.39 is 5.92 Å². The number of ether oxygens (including phenoxy) is 1. The Labute approximate surface area is 154 Å². The van der Waals surface area contributed by atoms with Crippen LogP contribution >= 0.6 is 0 Å². The lowest BCUT2D eigenvalue weighted by atomic mass is 9.97. The van der Waals surface area contributed by atoms with Gasteiger partial charge >= 0.3 is 0 Å². The summed E-state index contributed by atoms with van der Waals surface area (Å²) < 4.78 is 32.5. The monoisotopic (exact) mass is 375 g/mol. The Morgan fingerprint density at radius 3 is 2.52 bits per heavy atom. The van der Waals surface area contributed by atoms with Gasteiger partial charge in [0, 0.05) is 30.6 Å². The molecule has 4 saturated heterocycles. The third-order valence-corrected chi connectivity index (χ3v) is 5.28. The van der Waals surface area contributed by atoms with Crippen LogP contribution in [-0.4, -0.2) is 64.2 Å². The van der Waals surface area contributed by atoms with Crippen molar-refractivity contribution in [3.63, 3.8) is 0 Å². The maximum Gasteiger partial charge on any atom is 0.282 e. The van der Waals surface area contributed by atoms with Crippen molar-refractivity contribution in [2.75, 3.05) is 41.8 Å². The molecule has 0 aliphatic carbocycles. The van der Waals surface area contributed by atoms with Gasteiger partial charge in [-0.3, -0.25) is 0 Å². The zero-order chi connectivity index (χ0) is 18.6. The lowest BCUT2D eigenvalue weighted by molar-refractivity contribution is -0.0273. The Kier molecular flexibility index (Phi) is 3.64. The van der Waals surface area contributed by atoms with Gasteiger partial charge in [0.15, 0.2) is 0 Å². The van der Waals surface area contributed by atoms with Crippen LogP contribution in [0.2, 0.25) is 0 Å². The van der Waals surface area contributed by atoms with Crippen molar-refractivity contribution in [1.82, 2.24) is 19.9 Å². The summed E-state index contributed by atoms with van der Waals surface area (Å²) in [7, 11) is 0. The van der Waals surface area contributed by atoms with Crippen LogP contribution in [0.4, 0.5) is 26.5 Å². The molecule has 4 fully saturated rings. The largest absolute Gasteiger partial charge is 0.374 e. The Balaban J connectivity index is 1.53. The minimum Gasteiger partial charge on any atom is -0.374 e. The highest BCUT2D eigenvalue weighted by atomic mass is 19.3. The number of hydrogen-bond donors (Lipinski definition) is 1. The number of rotatable bonds is 3. The van der Waals surface area contributed by atoms with E-state index in [4.69, 9.17) is 10.5 Å². The molecule has 0 saturated carbocycles. The second-order valence-corrected chi connectivity index (χ2v) is 7.29. The summed E-state index contributed by atoms with van der Waals surface area (Å²) in [5.41, 5.74) is 6.82. The summed E-state index contributed by atoms with van der Waals surface area (Å²) in [5.74, 6) is -1.50. The molecule has 2 N–H and O–H groups in total. The van der Waals surface area contributed by atoms with Crippen molar-refractivity contribution in [2.45, 2.75) is 30.9 Å². The zero-order valence-corrected chi connectivity index (χ0v) is 14.6. The topological polar surface area (TPSA) is 93.3 Å². The molecule has 2 aromatic heterocycles. The number of morpholine rings is 1. The molecule has 142 valence electrons. The Morgan fingerprint density at radius 2 is 1.93 bits per heavy atom. The highest BCUT2D eigenvalue weighted by Crippen LogP contribution is 2.35. The van der Waals surface area contributed by atoms with Gasteiger partial charge in [0.1, 0.15) is 5.82 Å². The first kappa shape index (κ1) is 16.5. The number of anilines is 3. The zero-order valence-electron chi connectivity index (χ0n) is 14.6. The van der Waals surface area contributed by atoms with E-state index >= 15 is 0 Å². The van der Waals surface area contributed by atoms with Crippen LogP contribution in [0.1, 0.15) is 12.8 Å². The van der Waals surface area contributed by atoms with Crippen LogP contribution in [0.25, 0.3) is 11.3 Å². The van der Waals surface area contributed by atoms with E-state index in [1.807, 2.05) is 6.07 Å². The molecule has 4 aliphatic rings. The number of fused-ring (bicyclic) bond motifs is 3. The van der Waals surface area contributed by atoms with Crippen LogP contribution in [0.5, 0.6) is 0 Å². The van der Waals surface area contributed by atoms with Crippen LogP contribution in [-0.2, 0) is 4.74 Å². The molecule has 10 heteroatoms. The molecule has 0 unspecified atom stereocenters. The number of piperidine rings is 1. The molecular formula is C17H19F2N7O. The van der Waals surface area contributed by atoms with Crippen molar-refractivity contribution in [3.8, 4) is 11.3 Å². The molecule has 2 atom stereocenters. The second-order valence-electron chi connectivity index (χ2n) is 7.29. The van der Waals surface area contributed by atoms with Crippen molar-refractivity contribution in [2.24, 2.45) is 0 Å². The van der Waals surface area contributed by atoms with Gasteiger partial charge in [0.25, 0.3) is 5.92 Å². The average Bonchev–Trinajstić information content (AvgIpc) is 2.67. The summed E-state index contributed by atoms with van der Waals surface area (Å²) in [6.07, 6.45) is 5.41. The highest BCUT2D eigenvalue weighted by Gasteiger charge is 2.45. The predicted molar refractivity (Wildman–Crippen MR) is 94.7 cm³/mol. The van der Waals surface area contributed by atoms with Crippen molar-refractivity contribution in [1.29, 1.82) is 0 Å². The maximum atomic E-state index is 13.4. The molecule has 0 radical (unpaired) electrons. The van der Waals surface area contributed by atoms with Gasteiger partial charge in [0.05, 0.1) is 37.5 Å². The lowest BCUT2D eigenvalue weighted by Crippen LogP contribution is -2.57. The van der Waals surface area contributed by atoms with Gasteiger partial charge in [-0.2, -0.15) is 4.98 Å². The van der Waals surface area contributed by atoms with Crippen molar-refractivity contribution >= 4 is 17.7 Å². The number of hydrogen-bond acceptors (Lipinski definition) is 8. The van der Waals surface area contributed by atoms with Crippen LogP contribution in [0.15, 0.2) is 18.5 Å². The van der Waals surface area contributed by atoms with Gasteiger partial charge in [-0.25, -0.2) is 23.7 Å². The number of nitrogens with zero attached hydrogens (tertiary/aromatic N) is 6. The van der Waals surface area contributed by atoms with Gasteiger partial charge in [0.2, 0.25) is 11.9 Å². The summed E-state index contributed by atoms with van der Waals surface area (Å²) in [5, 5.41) is 0. The summed E-state index contributed by atoms with van der Waals surface area (Å²) >= 11 is 0. The van der Waals surface area contributed by atoms with E-state index in [9.17, 15) is 8.78 Å². The molecule has 6 heterocycles. The smallest absolute Gasteiger partial charge is 0.282 e. The minimum absolute atomic E-state index is 0.168. The molecule has 6 rings (SSSR count). The van der Waals surface area contributed by atoms with E-state index in [1.54, 1.807) is 12.4 Å². The van der Waals surface area contributed by atoms with Gasteiger partial charge in [-0.05, 0) is 12.8 Å². The molecular weight excluding hydrogens is 356 g/mol. The van der Waals surface area contributed by atoms with Crippen LogP contribution < -0.4 is 15.5 Å². The van der Waals surface area contributed by atoms with Crippen LogP contribution in [0, 0.1) is 0 Å².